The third-order valence-electron chi connectivity index (χ3n) is 7.79. The number of ether oxygens (including phenoxy) is 1. The summed E-state index contributed by atoms with van der Waals surface area (Å²) in [6, 6.07) is 13.6. The number of halogens is 1. The van der Waals surface area contributed by atoms with Crippen molar-refractivity contribution < 1.29 is 19.0 Å². The molecule has 4 aromatic rings. The Balaban J connectivity index is 1.29. The molecule has 6 rings (SSSR count). The second kappa shape index (κ2) is 11.8. The summed E-state index contributed by atoms with van der Waals surface area (Å²) in [5.41, 5.74) is 3.27. The summed E-state index contributed by atoms with van der Waals surface area (Å²) in [5.74, 6) is 0.203. The van der Waals surface area contributed by atoms with Crippen LogP contribution in [0.25, 0.3) is 11.0 Å². The molecule has 10 nitrogen and oxygen atoms in total. The third kappa shape index (κ3) is 6.02. The van der Waals surface area contributed by atoms with E-state index in [1.54, 1.807) is 6.20 Å². The van der Waals surface area contributed by atoms with Crippen molar-refractivity contribution >= 4 is 40.0 Å². The molecule has 2 aliphatic heterocycles. The Hall–Kier alpha value is -4.06. The zero-order valence-electron chi connectivity index (χ0n) is 22.9. The van der Waals surface area contributed by atoms with Crippen LogP contribution in [0.3, 0.4) is 0 Å². The van der Waals surface area contributed by atoms with E-state index in [2.05, 4.69) is 49.6 Å². The van der Waals surface area contributed by atoms with Gasteiger partial charge < -0.3 is 35.3 Å². The van der Waals surface area contributed by atoms with Gasteiger partial charge in [0.25, 0.3) is 0 Å². The summed E-state index contributed by atoms with van der Waals surface area (Å²) in [7, 11) is 2.14. The fourth-order valence-corrected chi connectivity index (χ4v) is 5.34. The molecule has 2 fully saturated rings. The largest absolute Gasteiger partial charge is 0.394 e. The number of H-pyrrole nitrogens is 1. The van der Waals surface area contributed by atoms with Gasteiger partial charge in [-0.1, -0.05) is 0 Å². The summed E-state index contributed by atoms with van der Waals surface area (Å²) in [6.07, 6.45) is 2.93. The SMILES string of the molecule is CN1CCN(c2ccc(Nc3nc(N[C@@H]4CC[C@@H](CO)OC4)c4c(C(=O)c5ccc(F)cc5)c[nH]c4n3)cc2)CC1. The fourth-order valence-electron chi connectivity index (χ4n) is 5.34. The summed E-state index contributed by atoms with van der Waals surface area (Å²) in [5, 5.41) is 16.7. The maximum Gasteiger partial charge on any atom is 0.231 e. The van der Waals surface area contributed by atoms with Gasteiger partial charge >= 0.3 is 0 Å². The molecule has 4 heterocycles. The van der Waals surface area contributed by atoms with Gasteiger partial charge in [-0.25, -0.2) is 4.39 Å². The van der Waals surface area contributed by atoms with Crippen LogP contribution in [0.1, 0.15) is 28.8 Å². The number of ketones is 1. The number of benzene rings is 2. The number of piperazine rings is 1. The topological polar surface area (TPSA) is 119 Å². The minimum Gasteiger partial charge on any atom is -0.394 e. The first-order chi connectivity index (χ1) is 20.0. The molecule has 0 bridgehead atoms. The highest BCUT2D eigenvalue weighted by molar-refractivity contribution is 6.18. The highest BCUT2D eigenvalue weighted by atomic mass is 19.1. The number of aromatic amines is 1. The smallest absolute Gasteiger partial charge is 0.231 e. The Bertz CT molecular complexity index is 1490. The van der Waals surface area contributed by atoms with Crippen LogP contribution in [-0.4, -0.2) is 89.3 Å². The molecule has 11 heteroatoms. The van der Waals surface area contributed by atoms with Gasteiger partial charge in [0.1, 0.15) is 17.3 Å². The first-order valence-electron chi connectivity index (χ1n) is 14.0. The molecule has 0 aliphatic carbocycles. The van der Waals surface area contributed by atoms with Crippen LogP contribution in [0.4, 0.5) is 27.5 Å². The molecule has 0 saturated carbocycles. The van der Waals surface area contributed by atoms with Crippen LogP contribution >= 0.6 is 0 Å². The van der Waals surface area contributed by atoms with E-state index in [0.29, 0.717) is 47.0 Å². The number of fused-ring (bicyclic) bond motifs is 1. The number of aliphatic hydroxyl groups excluding tert-OH is 1. The van der Waals surface area contributed by atoms with Crippen LogP contribution in [0.15, 0.2) is 54.7 Å². The molecule has 2 aromatic heterocycles. The highest BCUT2D eigenvalue weighted by Crippen LogP contribution is 2.30. The van der Waals surface area contributed by atoms with Gasteiger partial charge in [0.05, 0.1) is 36.3 Å². The number of rotatable bonds is 8. The first kappa shape index (κ1) is 27.1. The first-order valence-corrected chi connectivity index (χ1v) is 14.0. The number of aromatic nitrogens is 3. The maximum absolute atomic E-state index is 13.5. The molecule has 0 unspecified atom stereocenters. The quantitative estimate of drug-likeness (QED) is 0.239. The molecule has 2 aromatic carbocycles. The summed E-state index contributed by atoms with van der Waals surface area (Å²) >= 11 is 0. The Morgan fingerprint density at radius 2 is 1.83 bits per heavy atom. The fraction of sp³-hybridized carbons (Fsp3) is 0.367. The lowest BCUT2D eigenvalue weighted by Crippen LogP contribution is -2.44. The van der Waals surface area contributed by atoms with Gasteiger partial charge in [-0.2, -0.15) is 9.97 Å². The van der Waals surface area contributed by atoms with Crippen LogP contribution in [0.5, 0.6) is 0 Å². The molecule has 214 valence electrons. The van der Waals surface area contributed by atoms with Crippen LogP contribution in [-0.2, 0) is 4.74 Å². The number of carbonyl (C=O) groups excluding carboxylic acids is 1. The summed E-state index contributed by atoms with van der Waals surface area (Å²) in [4.78, 5) is 30.7. The van der Waals surface area contributed by atoms with E-state index in [4.69, 9.17) is 9.72 Å². The lowest BCUT2D eigenvalue weighted by atomic mass is 10.0. The van der Waals surface area contributed by atoms with Crippen molar-refractivity contribution in [3.63, 3.8) is 0 Å². The van der Waals surface area contributed by atoms with E-state index >= 15 is 0 Å². The van der Waals surface area contributed by atoms with Crippen molar-refractivity contribution in [2.24, 2.45) is 0 Å². The van der Waals surface area contributed by atoms with E-state index in [9.17, 15) is 14.3 Å². The third-order valence-corrected chi connectivity index (χ3v) is 7.79. The number of hydrogen-bond acceptors (Lipinski definition) is 9. The molecule has 0 spiro atoms. The zero-order valence-corrected chi connectivity index (χ0v) is 22.9. The van der Waals surface area contributed by atoms with Gasteiger partial charge in [-0.05, 0) is 68.4 Å². The second-order valence-corrected chi connectivity index (χ2v) is 10.7. The minimum atomic E-state index is -0.406. The lowest BCUT2D eigenvalue weighted by molar-refractivity contribution is -0.0224. The monoisotopic (exact) mass is 559 g/mol. The normalized spacial score (nSPS) is 19.8. The van der Waals surface area contributed by atoms with E-state index in [1.165, 1.54) is 30.0 Å². The van der Waals surface area contributed by atoms with E-state index in [0.717, 1.165) is 38.3 Å². The van der Waals surface area contributed by atoms with Crippen LogP contribution < -0.4 is 15.5 Å². The maximum atomic E-state index is 13.5. The number of nitrogens with zero attached hydrogens (tertiary/aromatic N) is 4. The van der Waals surface area contributed by atoms with Gasteiger partial charge in [0, 0.05) is 49.3 Å². The van der Waals surface area contributed by atoms with Crippen LogP contribution in [0.2, 0.25) is 0 Å². The molecule has 2 aliphatic rings. The molecule has 4 N–H and O–H groups in total. The van der Waals surface area contributed by atoms with E-state index < -0.39 is 5.82 Å². The lowest BCUT2D eigenvalue weighted by Gasteiger charge is -2.34. The standard InChI is InChI=1S/C30H34FN7O3/c1-37-12-14-38(15-13-37)23-9-6-21(7-10-23)34-30-35-28-26(29(36-30)33-22-8-11-24(17-39)41-18-22)25(16-32-28)27(40)19-2-4-20(31)5-3-19/h2-7,9-10,16,22,24,39H,8,11-15,17-18H2,1H3,(H3,32,33,34,35,36)/t22-,24+/m1/s1. The van der Waals surface area contributed by atoms with Gasteiger partial charge in [0.2, 0.25) is 5.95 Å². The van der Waals surface area contributed by atoms with Gasteiger partial charge in [0.15, 0.2) is 5.78 Å². The number of aliphatic hydroxyl groups is 1. The molecule has 2 atom stereocenters. The van der Waals surface area contributed by atoms with Crippen molar-refractivity contribution in [2.75, 3.05) is 62.0 Å². The van der Waals surface area contributed by atoms with Crippen molar-refractivity contribution in [1.82, 2.24) is 19.9 Å². The Morgan fingerprint density at radius 3 is 2.51 bits per heavy atom. The number of anilines is 4. The summed E-state index contributed by atoms with van der Waals surface area (Å²) in [6.45, 7) is 4.46. The highest BCUT2D eigenvalue weighted by Gasteiger charge is 2.25. The number of carbonyl (C=O) groups is 1. The average molecular weight is 560 g/mol. The second-order valence-electron chi connectivity index (χ2n) is 10.7. The molecule has 0 radical (unpaired) electrons. The number of hydrogen-bond donors (Lipinski definition) is 4. The van der Waals surface area contributed by atoms with Crippen molar-refractivity contribution in [3.05, 3.63) is 71.7 Å². The predicted molar refractivity (Wildman–Crippen MR) is 157 cm³/mol. The Morgan fingerprint density at radius 1 is 1.07 bits per heavy atom. The van der Waals surface area contributed by atoms with E-state index in [1.807, 2.05) is 12.1 Å². The average Bonchev–Trinajstić information content (AvgIpc) is 3.43. The minimum absolute atomic E-state index is 0.0136. The van der Waals surface area contributed by atoms with Crippen molar-refractivity contribution in [1.29, 1.82) is 0 Å². The van der Waals surface area contributed by atoms with Crippen molar-refractivity contribution in [2.45, 2.75) is 25.0 Å². The van der Waals surface area contributed by atoms with E-state index in [-0.39, 0.29) is 24.5 Å². The molecule has 0 amide bonds. The van der Waals surface area contributed by atoms with Crippen LogP contribution in [0, 0.1) is 5.82 Å². The molecular formula is C30H34FN7O3. The molecular weight excluding hydrogens is 525 g/mol. The van der Waals surface area contributed by atoms with Gasteiger partial charge in [-0.15, -0.1) is 0 Å². The predicted octanol–water partition coefficient (Wildman–Crippen LogP) is 3.78. The Kier molecular flexibility index (Phi) is 7.82. The number of likely N-dealkylation sites (N-methyl/N-ethyl adjacent to an activating group) is 1. The van der Waals surface area contributed by atoms with Crippen molar-refractivity contribution in [3.8, 4) is 0 Å². The molecule has 41 heavy (non-hydrogen) atoms. The summed E-state index contributed by atoms with van der Waals surface area (Å²) < 4.78 is 19.3. The Labute approximate surface area is 237 Å². The van der Waals surface area contributed by atoms with Gasteiger partial charge in [-0.3, -0.25) is 4.79 Å². The zero-order chi connectivity index (χ0) is 28.3. The number of nitrogens with one attached hydrogen (secondary N) is 3. The molecule has 2 saturated heterocycles.